The van der Waals surface area contributed by atoms with Crippen LogP contribution in [0.5, 0.6) is 0 Å². The average Bonchev–Trinajstić information content (AvgIpc) is 3.02. The van der Waals surface area contributed by atoms with Crippen LogP contribution in [0, 0.1) is 13.8 Å². The lowest BCUT2D eigenvalue weighted by Gasteiger charge is -2.16. The smallest absolute Gasteiger partial charge is 0.166 e. The van der Waals surface area contributed by atoms with Gasteiger partial charge >= 0.3 is 0 Å². The van der Waals surface area contributed by atoms with Gasteiger partial charge in [-0.1, -0.05) is 18.9 Å². The van der Waals surface area contributed by atoms with Crippen molar-refractivity contribution in [3.05, 3.63) is 29.6 Å². The quantitative estimate of drug-likeness (QED) is 0.839. The number of nitrogen functional groups attached to an aromatic ring is 1. The topological polar surface area (TPSA) is 56.7 Å². The maximum Gasteiger partial charge on any atom is 0.166 e. The maximum absolute atomic E-state index is 6.23. The van der Waals surface area contributed by atoms with Crippen LogP contribution in [0.3, 0.4) is 0 Å². The standard InChI is InChI=1S/C15H20N4/c1-10-7-11(2)14(16)13(8-10)15-18-17-9-19(15)12-5-3-4-6-12/h7-9,12H,3-6,16H2,1-2H3. The molecular weight excluding hydrogens is 236 g/mol. The Morgan fingerprint density at radius 3 is 2.68 bits per heavy atom. The monoisotopic (exact) mass is 256 g/mol. The van der Waals surface area contributed by atoms with Crippen LogP contribution in [0.2, 0.25) is 0 Å². The van der Waals surface area contributed by atoms with E-state index in [1.165, 1.54) is 31.2 Å². The SMILES string of the molecule is Cc1cc(C)c(N)c(-c2nncn2C2CCCC2)c1. The molecule has 1 saturated carbocycles. The van der Waals surface area contributed by atoms with E-state index in [9.17, 15) is 0 Å². The van der Waals surface area contributed by atoms with Crippen molar-refractivity contribution in [2.45, 2.75) is 45.6 Å². The molecule has 100 valence electrons. The Hall–Kier alpha value is -1.84. The van der Waals surface area contributed by atoms with Crippen LogP contribution < -0.4 is 5.73 Å². The molecule has 1 aliphatic carbocycles. The van der Waals surface area contributed by atoms with Crippen molar-refractivity contribution < 1.29 is 0 Å². The lowest BCUT2D eigenvalue weighted by atomic mass is 10.0. The minimum absolute atomic E-state index is 0.533. The number of aromatic nitrogens is 3. The molecule has 0 radical (unpaired) electrons. The fraction of sp³-hybridized carbons (Fsp3) is 0.467. The average molecular weight is 256 g/mol. The Kier molecular flexibility index (Phi) is 3.01. The first kappa shape index (κ1) is 12.2. The highest BCUT2D eigenvalue weighted by Crippen LogP contribution is 2.35. The van der Waals surface area contributed by atoms with E-state index in [-0.39, 0.29) is 0 Å². The number of nitrogens with two attached hydrogens (primary N) is 1. The Morgan fingerprint density at radius 2 is 1.95 bits per heavy atom. The second-order valence-corrected chi connectivity index (χ2v) is 5.54. The second-order valence-electron chi connectivity index (χ2n) is 5.54. The van der Waals surface area contributed by atoms with Crippen LogP contribution in [0.25, 0.3) is 11.4 Å². The molecule has 3 rings (SSSR count). The van der Waals surface area contributed by atoms with E-state index in [1.807, 2.05) is 13.3 Å². The van der Waals surface area contributed by atoms with Gasteiger partial charge in [-0.3, -0.25) is 0 Å². The molecule has 4 heteroatoms. The van der Waals surface area contributed by atoms with Gasteiger partial charge in [-0.25, -0.2) is 0 Å². The molecule has 0 atom stereocenters. The van der Waals surface area contributed by atoms with Gasteiger partial charge in [0.1, 0.15) is 6.33 Å². The third-order valence-corrected chi connectivity index (χ3v) is 4.06. The summed E-state index contributed by atoms with van der Waals surface area (Å²) in [5.41, 5.74) is 10.4. The fourth-order valence-corrected chi connectivity index (χ4v) is 3.05. The zero-order valence-electron chi connectivity index (χ0n) is 11.6. The molecule has 0 spiro atoms. The van der Waals surface area contributed by atoms with Gasteiger partial charge in [0.05, 0.1) is 0 Å². The van der Waals surface area contributed by atoms with Crippen LogP contribution in [0.4, 0.5) is 5.69 Å². The Balaban J connectivity index is 2.10. The summed E-state index contributed by atoms with van der Waals surface area (Å²) in [4.78, 5) is 0. The van der Waals surface area contributed by atoms with Crippen molar-refractivity contribution in [1.29, 1.82) is 0 Å². The summed E-state index contributed by atoms with van der Waals surface area (Å²) in [6, 6.07) is 4.75. The van der Waals surface area contributed by atoms with E-state index < -0.39 is 0 Å². The third kappa shape index (κ3) is 2.11. The highest BCUT2D eigenvalue weighted by Gasteiger charge is 2.21. The fourth-order valence-electron chi connectivity index (χ4n) is 3.05. The largest absolute Gasteiger partial charge is 0.398 e. The maximum atomic E-state index is 6.23. The van der Waals surface area contributed by atoms with Crippen molar-refractivity contribution in [3.63, 3.8) is 0 Å². The highest BCUT2D eigenvalue weighted by atomic mass is 15.3. The second kappa shape index (κ2) is 4.68. The van der Waals surface area contributed by atoms with Crippen molar-refractivity contribution >= 4 is 5.69 Å². The number of nitrogens with zero attached hydrogens (tertiary/aromatic N) is 3. The molecule has 0 saturated heterocycles. The number of aryl methyl sites for hydroxylation is 2. The highest BCUT2D eigenvalue weighted by molar-refractivity contribution is 5.75. The van der Waals surface area contributed by atoms with Gasteiger partial charge in [-0.05, 0) is 43.9 Å². The molecule has 19 heavy (non-hydrogen) atoms. The van der Waals surface area contributed by atoms with Crippen molar-refractivity contribution in [2.24, 2.45) is 0 Å². The molecule has 2 N–H and O–H groups in total. The van der Waals surface area contributed by atoms with E-state index in [0.29, 0.717) is 6.04 Å². The van der Waals surface area contributed by atoms with Gasteiger partial charge in [0.15, 0.2) is 5.82 Å². The van der Waals surface area contributed by atoms with Crippen LogP contribution in [0.1, 0.15) is 42.9 Å². The normalized spacial score (nSPS) is 16.1. The number of hydrogen-bond donors (Lipinski definition) is 1. The molecular formula is C15H20N4. The Bertz CT molecular complexity index is 594. The molecule has 0 amide bonds. The van der Waals surface area contributed by atoms with E-state index >= 15 is 0 Å². The summed E-state index contributed by atoms with van der Waals surface area (Å²) in [5.74, 6) is 0.913. The van der Waals surface area contributed by atoms with E-state index in [4.69, 9.17) is 5.73 Å². The van der Waals surface area contributed by atoms with E-state index in [0.717, 1.165) is 22.6 Å². The predicted octanol–water partition coefficient (Wildman–Crippen LogP) is 3.26. The first-order valence-corrected chi connectivity index (χ1v) is 6.93. The lowest BCUT2D eigenvalue weighted by Crippen LogP contribution is -2.07. The molecule has 1 aliphatic rings. The van der Waals surface area contributed by atoms with Gasteiger partial charge in [0, 0.05) is 17.3 Å². The van der Waals surface area contributed by atoms with Gasteiger partial charge in [0.2, 0.25) is 0 Å². The summed E-state index contributed by atoms with van der Waals surface area (Å²) >= 11 is 0. The van der Waals surface area contributed by atoms with Crippen LogP contribution in [-0.4, -0.2) is 14.8 Å². The lowest BCUT2D eigenvalue weighted by molar-refractivity contribution is 0.522. The van der Waals surface area contributed by atoms with Gasteiger partial charge < -0.3 is 10.3 Å². The van der Waals surface area contributed by atoms with Crippen LogP contribution in [0.15, 0.2) is 18.5 Å². The zero-order valence-corrected chi connectivity index (χ0v) is 11.6. The van der Waals surface area contributed by atoms with Crippen LogP contribution >= 0.6 is 0 Å². The zero-order chi connectivity index (χ0) is 13.4. The summed E-state index contributed by atoms with van der Waals surface area (Å²) in [6.07, 6.45) is 6.88. The first-order chi connectivity index (χ1) is 9.16. The van der Waals surface area contributed by atoms with E-state index in [1.54, 1.807) is 0 Å². The minimum atomic E-state index is 0.533. The van der Waals surface area contributed by atoms with Crippen molar-refractivity contribution in [2.75, 3.05) is 5.73 Å². The molecule has 1 fully saturated rings. The first-order valence-electron chi connectivity index (χ1n) is 6.93. The van der Waals surface area contributed by atoms with Gasteiger partial charge in [-0.15, -0.1) is 10.2 Å². The third-order valence-electron chi connectivity index (χ3n) is 4.06. The van der Waals surface area contributed by atoms with Crippen molar-refractivity contribution in [3.8, 4) is 11.4 Å². The molecule has 1 aromatic heterocycles. The molecule has 0 bridgehead atoms. The summed E-state index contributed by atoms with van der Waals surface area (Å²) in [7, 11) is 0. The predicted molar refractivity (Wildman–Crippen MR) is 76.8 cm³/mol. The molecule has 0 aliphatic heterocycles. The van der Waals surface area contributed by atoms with Gasteiger partial charge in [-0.2, -0.15) is 0 Å². The molecule has 1 heterocycles. The number of rotatable bonds is 2. The van der Waals surface area contributed by atoms with Crippen LogP contribution in [-0.2, 0) is 0 Å². The number of benzene rings is 1. The molecule has 4 nitrogen and oxygen atoms in total. The summed E-state index contributed by atoms with van der Waals surface area (Å²) < 4.78 is 2.21. The molecule has 1 aromatic carbocycles. The molecule has 0 unspecified atom stereocenters. The summed E-state index contributed by atoms with van der Waals surface area (Å²) in [6.45, 7) is 4.13. The van der Waals surface area contributed by atoms with E-state index in [2.05, 4.69) is 33.8 Å². The molecule has 2 aromatic rings. The van der Waals surface area contributed by atoms with Crippen molar-refractivity contribution in [1.82, 2.24) is 14.8 Å². The minimum Gasteiger partial charge on any atom is -0.398 e. The van der Waals surface area contributed by atoms with Gasteiger partial charge in [0.25, 0.3) is 0 Å². The number of hydrogen-bond acceptors (Lipinski definition) is 3. The Labute approximate surface area is 113 Å². The summed E-state index contributed by atoms with van der Waals surface area (Å²) in [5, 5.41) is 8.41. The number of anilines is 1. The Morgan fingerprint density at radius 1 is 1.21 bits per heavy atom.